The van der Waals surface area contributed by atoms with E-state index in [-0.39, 0.29) is 24.8 Å². The second-order valence-corrected chi connectivity index (χ2v) is 12.7. The highest BCUT2D eigenvalue weighted by atomic mass is 35.5. The van der Waals surface area contributed by atoms with Gasteiger partial charge in [-0.25, -0.2) is 4.79 Å². The summed E-state index contributed by atoms with van der Waals surface area (Å²) in [5.74, 6) is 0.531. The number of alkyl carbamates (subject to hydrolysis) is 1. The summed E-state index contributed by atoms with van der Waals surface area (Å²) in [5.41, 5.74) is 3.31. The van der Waals surface area contributed by atoms with Crippen molar-refractivity contribution in [3.63, 3.8) is 0 Å². The van der Waals surface area contributed by atoms with E-state index in [4.69, 9.17) is 21.1 Å². The molecule has 1 atom stereocenters. The Morgan fingerprint density at radius 3 is 2.49 bits per heavy atom. The Hall–Kier alpha value is -3.33. The van der Waals surface area contributed by atoms with Crippen LogP contribution in [0.5, 0.6) is 0 Å². The first kappa shape index (κ1) is 27.8. The maximum atomic E-state index is 13.9. The summed E-state index contributed by atoms with van der Waals surface area (Å²) in [4.78, 5) is 42.4. The molecule has 1 spiro atoms. The lowest BCUT2D eigenvalue weighted by Crippen LogP contribution is -2.52. The van der Waals surface area contributed by atoms with Crippen molar-refractivity contribution >= 4 is 46.8 Å². The highest BCUT2D eigenvalue weighted by Crippen LogP contribution is 2.52. The zero-order valence-electron chi connectivity index (χ0n) is 22.5. The van der Waals surface area contributed by atoms with Gasteiger partial charge in [-0.15, -0.1) is 11.8 Å². The van der Waals surface area contributed by atoms with E-state index in [9.17, 15) is 14.4 Å². The highest BCUT2D eigenvalue weighted by Gasteiger charge is 2.50. The van der Waals surface area contributed by atoms with Gasteiger partial charge in [0, 0.05) is 33.1 Å². The van der Waals surface area contributed by atoms with Crippen molar-refractivity contribution in [2.45, 2.75) is 43.4 Å². The number of thioether (sulfide) groups is 1. The molecule has 0 bridgehead atoms. The molecule has 0 radical (unpaired) electrons. The first-order chi connectivity index (χ1) is 19.9. The van der Waals surface area contributed by atoms with Crippen LogP contribution in [0.15, 0.2) is 77.7 Å². The summed E-state index contributed by atoms with van der Waals surface area (Å²) in [5, 5.41) is 3.37. The molecule has 6 rings (SSSR count). The van der Waals surface area contributed by atoms with Crippen molar-refractivity contribution in [1.29, 1.82) is 0 Å². The third-order valence-electron chi connectivity index (χ3n) is 8.03. The van der Waals surface area contributed by atoms with Crippen LogP contribution in [0.2, 0.25) is 5.02 Å². The van der Waals surface area contributed by atoms with E-state index < -0.39 is 12.1 Å². The Morgan fingerprint density at radius 2 is 1.78 bits per heavy atom. The summed E-state index contributed by atoms with van der Waals surface area (Å²) in [6, 6.07) is 21.5. The monoisotopic (exact) mass is 590 g/mol. The number of ketones is 1. The van der Waals surface area contributed by atoms with Crippen LogP contribution in [0.25, 0.3) is 0 Å². The predicted octanol–water partition coefficient (Wildman–Crippen LogP) is 6.27. The Bertz CT molecular complexity index is 1440. The van der Waals surface area contributed by atoms with Gasteiger partial charge in [0.15, 0.2) is 5.78 Å². The van der Waals surface area contributed by atoms with Gasteiger partial charge < -0.3 is 19.7 Å². The fourth-order valence-electron chi connectivity index (χ4n) is 5.84. The van der Waals surface area contributed by atoms with Gasteiger partial charge in [-0.1, -0.05) is 60.1 Å². The number of Topliss-reactive ketones (excluding diaryl/α,β-unsaturated/α-hetero) is 1. The van der Waals surface area contributed by atoms with E-state index in [1.165, 1.54) is 11.8 Å². The lowest BCUT2D eigenvalue weighted by atomic mass is 9.59. The van der Waals surface area contributed by atoms with Crippen LogP contribution >= 0.6 is 23.4 Å². The van der Waals surface area contributed by atoms with Gasteiger partial charge in [0.1, 0.15) is 12.6 Å². The zero-order valence-corrected chi connectivity index (χ0v) is 24.1. The molecular weight excluding hydrogens is 560 g/mol. The molecule has 7 nitrogen and oxygen atoms in total. The number of fused-ring (bicyclic) bond motifs is 1. The fourth-order valence-corrected chi connectivity index (χ4v) is 7.02. The van der Waals surface area contributed by atoms with Gasteiger partial charge in [0.25, 0.3) is 5.91 Å². The number of hydrogen-bond donors (Lipinski definition) is 1. The number of carbonyl (C=O) groups is 3. The largest absolute Gasteiger partial charge is 0.445 e. The summed E-state index contributed by atoms with van der Waals surface area (Å²) in [7, 11) is 0. The Morgan fingerprint density at radius 1 is 1.02 bits per heavy atom. The molecule has 3 aliphatic rings. The van der Waals surface area contributed by atoms with Crippen molar-refractivity contribution in [3.05, 3.63) is 94.5 Å². The molecule has 1 saturated carbocycles. The number of carbonyl (C=O) groups excluding carboxylic acids is 3. The normalized spacial score (nSPS) is 19.5. The summed E-state index contributed by atoms with van der Waals surface area (Å²) < 4.78 is 10.8. The molecule has 1 aliphatic carbocycles. The molecule has 2 aliphatic heterocycles. The molecule has 41 heavy (non-hydrogen) atoms. The van der Waals surface area contributed by atoms with Gasteiger partial charge in [-0.3, -0.25) is 9.59 Å². The summed E-state index contributed by atoms with van der Waals surface area (Å²) in [6.45, 7) is 1.99. The van der Waals surface area contributed by atoms with Crippen LogP contribution in [0, 0.1) is 11.3 Å². The minimum Gasteiger partial charge on any atom is -0.445 e. The molecule has 212 valence electrons. The number of hydrogen-bond acceptors (Lipinski definition) is 6. The van der Waals surface area contributed by atoms with Gasteiger partial charge in [0.05, 0.1) is 25.4 Å². The molecule has 1 saturated heterocycles. The van der Waals surface area contributed by atoms with E-state index in [2.05, 4.69) is 5.32 Å². The summed E-state index contributed by atoms with van der Waals surface area (Å²) >= 11 is 7.58. The molecular formula is C32H31ClN2O5S. The van der Waals surface area contributed by atoms with E-state index in [0.717, 1.165) is 42.1 Å². The SMILES string of the molecule is O=C(N[C@H]1CSc2ccc(C(=O)CC3CC4(COC4)C3)cc2N(Cc2ccc(Cl)cc2)C1=O)OCc1ccccc1. The molecule has 9 heteroatoms. The van der Waals surface area contributed by atoms with Crippen molar-refractivity contribution in [3.8, 4) is 0 Å². The molecule has 0 unspecified atom stereocenters. The Labute approximate surface area is 248 Å². The van der Waals surface area contributed by atoms with Crippen molar-refractivity contribution in [1.82, 2.24) is 5.32 Å². The van der Waals surface area contributed by atoms with Crippen LogP contribution in [0.1, 0.15) is 40.7 Å². The standard InChI is InChI=1S/C32H31ClN2O5S/c33-25-9-6-21(7-10-25)16-35-27-13-24(28(36)12-23-14-32(15-23)19-39-20-32)8-11-29(27)41-18-26(30(35)37)34-31(38)40-17-22-4-2-1-3-5-22/h1-11,13,23,26H,12,14-20H2,(H,34,38)/t26-/m0/s1. The quantitative estimate of drug-likeness (QED) is 0.311. The third kappa shape index (κ3) is 6.30. The highest BCUT2D eigenvalue weighted by molar-refractivity contribution is 7.99. The molecule has 2 fully saturated rings. The average molecular weight is 591 g/mol. The topological polar surface area (TPSA) is 84.9 Å². The van der Waals surface area contributed by atoms with E-state index in [0.29, 0.717) is 39.8 Å². The second-order valence-electron chi connectivity index (χ2n) is 11.2. The maximum absolute atomic E-state index is 13.9. The number of nitrogens with one attached hydrogen (secondary N) is 1. The number of rotatable bonds is 8. The third-order valence-corrected chi connectivity index (χ3v) is 9.44. The van der Waals surface area contributed by atoms with E-state index >= 15 is 0 Å². The number of halogens is 1. The van der Waals surface area contributed by atoms with Crippen LogP contribution in [0.4, 0.5) is 10.5 Å². The average Bonchev–Trinajstić information content (AvgIpc) is 3.06. The maximum Gasteiger partial charge on any atom is 0.408 e. The van der Waals surface area contributed by atoms with Gasteiger partial charge in [0.2, 0.25) is 0 Å². The van der Waals surface area contributed by atoms with Gasteiger partial charge >= 0.3 is 6.09 Å². The number of anilines is 1. The first-order valence-electron chi connectivity index (χ1n) is 13.8. The van der Waals surface area contributed by atoms with Crippen LogP contribution in [-0.4, -0.2) is 42.8 Å². The van der Waals surface area contributed by atoms with E-state index in [1.807, 2.05) is 60.7 Å². The van der Waals surface area contributed by atoms with Gasteiger partial charge in [-0.05, 0) is 54.2 Å². The molecule has 3 aromatic carbocycles. The zero-order chi connectivity index (χ0) is 28.4. The minimum absolute atomic E-state index is 0.0835. The smallest absolute Gasteiger partial charge is 0.408 e. The molecule has 2 amide bonds. The predicted molar refractivity (Wildman–Crippen MR) is 158 cm³/mol. The van der Waals surface area contributed by atoms with Crippen molar-refractivity contribution in [2.24, 2.45) is 11.3 Å². The lowest BCUT2D eigenvalue weighted by Gasteiger charge is -2.53. The van der Waals surface area contributed by atoms with Crippen molar-refractivity contribution in [2.75, 3.05) is 23.9 Å². The second kappa shape index (κ2) is 11.9. The summed E-state index contributed by atoms with van der Waals surface area (Å²) in [6.07, 6.45) is 1.91. The number of ether oxygens (including phenoxy) is 2. The molecule has 2 heterocycles. The van der Waals surface area contributed by atoms with Crippen LogP contribution < -0.4 is 10.2 Å². The number of amides is 2. The Kier molecular flexibility index (Phi) is 8.06. The lowest BCUT2D eigenvalue weighted by molar-refractivity contribution is -0.177. The Balaban J connectivity index is 1.20. The number of benzene rings is 3. The molecule has 1 N–H and O–H groups in total. The first-order valence-corrected chi connectivity index (χ1v) is 15.1. The molecule has 0 aromatic heterocycles. The van der Waals surface area contributed by atoms with Crippen LogP contribution in [-0.2, 0) is 27.4 Å². The fraction of sp³-hybridized carbons (Fsp3) is 0.344. The van der Waals surface area contributed by atoms with Crippen LogP contribution in [0.3, 0.4) is 0 Å². The van der Waals surface area contributed by atoms with Gasteiger partial charge in [-0.2, -0.15) is 0 Å². The minimum atomic E-state index is -0.807. The number of nitrogens with zero attached hydrogens (tertiary/aromatic N) is 1. The molecule has 3 aromatic rings. The van der Waals surface area contributed by atoms with E-state index in [1.54, 1.807) is 17.0 Å². The van der Waals surface area contributed by atoms with Crippen molar-refractivity contribution < 1.29 is 23.9 Å².